The van der Waals surface area contributed by atoms with E-state index in [0.29, 0.717) is 0 Å². The van der Waals surface area contributed by atoms with Crippen molar-refractivity contribution in [2.24, 2.45) is 5.73 Å². The number of unbranched alkanes of at least 4 members (excludes halogenated alkanes) is 2. The van der Waals surface area contributed by atoms with Crippen LogP contribution in [-0.2, 0) is 0 Å². The summed E-state index contributed by atoms with van der Waals surface area (Å²) in [7, 11) is 4.20. The van der Waals surface area contributed by atoms with Crippen LogP contribution in [0.15, 0.2) is 0 Å². The summed E-state index contributed by atoms with van der Waals surface area (Å²) < 4.78 is 0. The quantitative estimate of drug-likeness (QED) is 0.554. The van der Waals surface area contributed by atoms with E-state index in [4.69, 9.17) is 5.73 Å². The van der Waals surface area contributed by atoms with Crippen LogP contribution in [-0.4, -0.2) is 32.1 Å². The van der Waals surface area contributed by atoms with Gasteiger partial charge in [0.15, 0.2) is 0 Å². The lowest BCUT2D eigenvalue weighted by molar-refractivity contribution is 0.392. The summed E-state index contributed by atoms with van der Waals surface area (Å²) in [6.07, 6.45) is 3.73. The molecule has 56 valence electrons. The van der Waals surface area contributed by atoms with Crippen molar-refractivity contribution in [2.45, 2.75) is 19.3 Å². The minimum absolute atomic E-state index is 0.841. The van der Waals surface area contributed by atoms with E-state index in [0.717, 1.165) is 6.54 Å². The molecule has 0 rings (SSSR count). The van der Waals surface area contributed by atoms with Gasteiger partial charge in [0.05, 0.1) is 0 Å². The van der Waals surface area contributed by atoms with Crippen LogP contribution in [0.4, 0.5) is 0 Å². The number of hydrogen-bond acceptors (Lipinski definition) is 2. The summed E-state index contributed by atoms with van der Waals surface area (Å²) >= 11 is 0. The Morgan fingerprint density at radius 2 is 1.78 bits per heavy atom. The highest BCUT2D eigenvalue weighted by molar-refractivity contribution is 4.45. The topological polar surface area (TPSA) is 29.3 Å². The Bertz CT molecular complexity index is 52.9. The van der Waals surface area contributed by atoms with Crippen LogP contribution in [0.1, 0.15) is 19.3 Å². The van der Waals surface area contributed by atoms with Gasteiger partial charge in [0, 0.05) is 0 Å². The van der Waals surface area contributed by atoms with Crippen molar-refractivity contribution < 1.29 is 0 Å². The van der Waals surface area contributed by atoms with Crippen LogP contribution in [0, 0.1) is 0 Å². The fourth-order valence-electron chi connectivity index (χ4n) is 0.749. The SMILES string of the molecule is CN(C)CCCCCN. The van der Waals surface area contributed by atoms with E-state index in [1.165, 1.54) is 25.8 Å². The summed E-state index contributed by atoms with van der Waals surface area (Å²) in [5.74, 6) is 0. The Labute approximate surface area is 58.0 Å². The van der Waals surface area contributed by atoms with Gasteiger partial charge in [-0.2, -0.15) is 0 Å². The van der Waals surface area contributed by atoms with Crippen LogP contribution >= 0.6 is 0 Å². The summed E-state index contributed by atoms with van der Waals surface area (Å²) in [5, 5.41) is 0. The zero-order chi connectivity index (χ0) is 7.11. The third kappa shape index (κ3) is 7.92. The van der Waals surface area contributed by atoms with Crippen molar-refractivity contribution in [3.63, 3.8) is 0 Å². The predicted molar refractivity (Wildman–Crippen MR) is 41.5 cm³/mol. The van der Waals surface area contributed by atoms with Crippen molar-refractivity contribution in [1.82, 2.24) is 4.90 Å². The first-order valence-corrected chi connectivity index (χ1v) is 3.62. The van der Waals surface area contributed by atoms with Crippen LogP contribution in [0.3, 0.4) is 0 Å². The third-order valence-corrected chi connectivity index (χ3v) is 1.31. The lowest BCUT2D eigenvalue weighted by atomic mass is 10.2. The maximum Gasteiger partial charge on any atom is -0.00248 e. The molecule has 9 heavy (non-hydrogen) atoms. The van der Waals surface area contributed by atoms with Gasteiger partial charge in [-0.15, -0.1) is 0 Å². The van der Waals surface area contributed by atoms with Gasteiger partial charge in [-0.25, -0.2) is 0 Å². The van der Waals surface area contributed by atoms with Crippen LogP contribution in [0.25, 0.3) is 0 Å². The molecule has 0 saturated heterocycles. The van der Waals surface area contributed by atoms with Gasteiger partial charge in [-0.05, 0) is 40.0 Å². The molecule has 2 N–H and O–H groups in total. The Morgan fingerprint density at radius 3 is 2.22 bits per heavy atom. The monoisotopic (exact) mass is 130 g/mol. The van der Waals surface area contributed by atoms with E-state index < -0.39 is 0 Å². The molecule has 0 aliphatic rings. The first-order valence-electron chi connectivity index (χ1n) is 3.62. The molecular formula is C7H18N2. The van der Waals surface area contributed by atoms with Crippen molar-refractivity contribution in [3.05, 3.63) is 0 Å². The van der Waals surface area contributed by atoms with Crippen LogP contribution in [0.5, 0.6) is 0 Å². The van der Waals surface area contributed by atoms with Gasteiger partial charge >= 0.3 is 0 Å². The van der Waals surface area contributed by atoms with E-state index in [1.807, 2.05) is 0 Å². The summed E-state index contributed by atoms with van der Waals surface area (Å²) in [5.41, 5.74) is 5.33. The molecule has 2 heteroatoms. The molecular weight excluding hydrogens is 112 g/mol. The molecule has 0 aromatic heterocycles. The molecule has 0 aromatic carbocycles. The van der Waals surface area contributed by atoms with Crippen molar-refractivity contribution in [3.8, 4) is 0 Å². The maximum atomic E-state index is 5.33. The number of nitrogens with zero attached hydrogens (tertiary/aromatic N) is 1. The molecule has 2 nitrogen and oxygen atoms in total. The minimum atomic E-state index is 0.841. The Hall–Kier alpha value is -0.0800. The predicted octanol–water partition coefficient (Wildman–Crippen LogP) is 0.677. The number of hydrogen-bond donors (Lipinski definition) is 1. The Kier molecular flexibility index (Phi) is 5.99. The first-order chi connectivity index (χ1) is 4.27. The third-order valence-electron chi connectivity index (χ3n) is 1.31. The summed E-state index contributed by atoms with van der Waals surface area (Å²) in [6, 6.07) is 0. The highest BCUT2D eigenvalue weighted by atomic mass is 15.0. The summed E-state index contributed by atoms with van der Waals surface area (Å²) in [6.45, 7) is 2.04. The maximum absolute atomic E-state index is 5.33. The molecule has 0 amide bonds. The molecule has 0 saturated carbocycles. The molecule has 0 atom stereocenters. The van der Waals surface area contributed by atoms with Gasteiger partial charge in [0.2, 0.25) is 0 Å². The summed E-state index contributed by atoms with van der Waals surface area (Å²) in [4.78, 5) is 2.20. The normalized spacial score (nSPS) is 10.7. The molecule has 0 aliphatic carbocycles. The van der Waals surface area contributed by atoms with Gasteiger partial charge in [-0.1, -0.05) is 6.42 Å². The molecule has 0 spiro atoms. The second-order valence-corrected chi connectivity index (χ2v) is 2.65. The molecule has 0 unspecified atom stereocenters. The van der Waals surface area contributed by atoms with Gasteiger partial charge in [0.1, 0.15) is 0 Å². The van der Waals surface area contributed by atoms with Gasteiger partial charge in [0.25, 0.3) is 0 Å². The number of rotatable bonds is 5. The molecule has 0 aliphatic heterocycles. The van der Waals surface area contributed by atoms with Crippen LogP contribution in [0.2, 0.25) is 0 Å². The minimum Gasteiger partial charge on any atom is -0.330 e. The second-order valence-electron chi connectivity index (χ2n) is 2.65. The first kappa shape index (κ1) is 8.92. The lowest BCUT2D eigenvalue weighted by Gasteiger charge is -2.07. The molecule has 0 heterocycles. The lowest BCUT2D eigenvalue weighted by Crippen LogP contribution is -2.13. The van der Waals surface area contributed by atoms with Crippen molar-refractivity contribution in [2.75, 3.05) is 27.2 Å². The standard InChI is InChI=1S/C7H18N2/c1-9(2)7-5-3-4-6-8/h3-8H2,1-2H3. The fraction of sp³-hybridized carbons (Fsp3) is 1.00. The zero-order valence-electron chi connectivity index (χ0n) is 6.56. The second kappa shape index (κ2) is 6.05. The van der Waals surface area contributed by atoms with Crippen molar-refractivity contribution >= 4 is 0 Å². The highest BCUT2D eigenvalue weighted by Crippen LogP contribution is 1.93. The molecule has 0 bridgehead atoms. The average Bonchev–Trinajstić information content (AvgIpc) is 1.80. The van der Waals surface area contributed by atoms with Crippen LogP contribution < -0.4 is 5.73 Å². The van der Waals surface area contributed by atoms with Gasteiger partial charge in [-0.3, -0.25) is 0 Å². The number of nitrogens with two attached hydrogens (primary N) is 1. The smallest absolute Gasteiger partial charge is 0.00248 e. The average molecular weight is 130 g/mol. The Morgan fingerprint density at radius 1 is 1.11 bits per heavy atom. The largest absolute Gasteiger partial charge is 0.330 e. The molecule has 0 aromatic rings. The van der Waals surface area contributed by atoms with Gasteiger partial charge < -0.3 is 10.6 Å². The van der Waals surface area contributed by atoms with E-state index in [9.17, 15) is 0 Å². The highest BCUT2D eigenvalue weighted by Gasteiger charge is 1.88. The molecule has 0 fully saturated rings. The zero-order valence-corrected chi connectivity index (χ0v) is 6.56. The van der Waals surface area contributed by atoms with E-state index in [-0.39, 0.29) is 0 Å². The van der Waals surface area contributed by atoms with E-state index in [1.54, 1.807) is 0 Å². The van der Waals surface area contributed by atoms with E-state index >= 15 is 0 Å². The Balaban J connectivity index is 2.75. The fourth-order valence-corrected chi connectivity index (χ4v) is 0.749. The van der Waals surface area contributed by atoms with Crippen molar-refractivity contribution in [1.29, 1.82) is 0 Å². The molecule has 0 radical (unpaired) electrons. The van der Waals surface area contributed by atoms with E-state index in [2.05, 4.69) is 19.0 Å².